The van der Waals surface area contributed by atoms with Crippen LogP contribution in [0.1, 0.15) is 33.6 Å². The summed E-state index contributed by atoms with van der Waals surface area (Å²) in [5.74, 6) is -1.88. The van der Waals surface area contributed by atoms with Crippen molar-refractivity contribution in [2.45, 2.75) is 18.9 Å². The van der Waals surface area contributed by atoms with Gasteiger partial charge in [-0.05, 0) is 24.6 Å². The van der Waals surface area contributed by atoms with Crippen LogP contribution < -0.4 is 15.5 Å². The van der Waals surface area contributed by atoms with E-state index in [1.807, 2.05) is 6.07 Å². The number of carbonyl (C=O) groups excluding carboxylic acids is 4. The van der Waals surface area contributed by atoms with Gasteiger partial charge >= 0.3 is 0 Å². The Labute approximate surface area is 205 Å². The van der Waals surface area contributed by atoms with Gasteiger partial charge in [-0.2, -0.15) is 0 Å². The van der Waals surface area contributed by atoms with Crippen molar-refractivity contribution >= 4 is 41.7 Å². The number of benzene rings is 1. The van der Waals surface area contributed by atoms with Crippen molar-refractivity contribution in [2.75, 3.05) is 70.3 Å². The summed E-state index contributed by atoms with van der Waals surface area (Å²) in [4.78, 5) is 57.9. The highest BCUT2D eigenvalue weighted by molar-refractivity contribution is 6.23. The van der Waals surface area contributed by atoms with Crippen molar-refractivity contribution in [1.82, 2.24) is 25.3 Å². The Balaban J connectivity index is 0.00000274. The summed E-state index contributed by atoms with van der Waals surface area (Å²) in [6, 6.07) is 4.41. The van der Waals surface area contributed by atoms with E-state index in [1.165, 1.54) is 0 Å². The molecule has 11 heteroatoms. The first-order valence-corrected chi connectivity index (χ1v) is 11.8. The van der Waals surface area contributed by atoms with Gasteiger partial charge in [-0.15, -0.1) is 12.4 Å². The first kappa shape index (κ1) is 24.6. The lowest BCUT2D eigenvalue weighted by atomic mass is 10.0. The lowest BCUT2D eigenvalue weighted by Crippen LogP contribution is -2.54. The Hall–Kier alpha value is -2.53. The molecule has 4 heterocycles. The first-order valence-electron chi connectivity index (χ1n) is 11.8. The van der Waals surface area contributed by atoms with Gasteiger partial charge in [0.25, 0.3) is 11.8 Å². The summed E-state index contributed by atoms with van der Waals surface area (Å²) in [6.45, 7) is 10.1. The molecule has 184 valence electrons. The fourth-order valence-corrected chi connectivity index (χ4v) is 5.10. The van der Waals surface area contributed by atoms with Gasteiger partial charge in [-0.1, -0.05) is 0 Å². The third-order valence-electron chi connectivity index (χ3n) is 7.10. The molecule has 1 unspecified atom stereocenters. The molecule has 3 fully saturated rings. The number of hydrogen-bond donors (Lipinski definition) is 2. The summed E-state index contributed by atoms with van der Waals surface area (Å²) < 4.78 is 0. The van der Waals surface area contributed by atoms with Gasteiger partial charge < -0.3 is 10.2 Å². The average molecular weight is 491 g/mol. The smallest absolute Gasteiger partial charge is 0.262 e. The fraction of sp³-hybridized carbons (Fsp3) is 0.565. The Morgan fingerprint density at radius 2 is 1.47 bits per heavy atom. The van der Waals surface area contributed by atoms with Crippen LogP contribution in [-0.2, 0) is 9.59 Å². The topological polar surface area (TPSA) is 105 Å². The number of amides is 4. The average Bonchev–Trinajstić information content (AvgIpc) is 3.08. The van der Waals surface area contributed by atoms with E-state index >= 15 is 0 Å². The monoisotopic (exact) mass is 490 g/mol. The highest BCUT2D eigenvalue weighted by Crippen LogP contribution is 2.31. The normalized spacial score (nSPS) is 24.2. The van der Waals surface area contributed by atoms with E-state index in [-0.39, 0.29) is 31.2 Å². The van der Waals surface area contributed by atoms with Gasteiger partial charge in [-0.25, -0.2) is 0 Å². The van der Waals surface area contributed by atoms with E-state index in [1.54, 1.807) is 12.1 Å². The van der Waals surface area contributed by atoms with Crippen molar-refractivity contribution in [3.63, 3.8) is 0 Å². The highest BCUT2D eigenvalue weighted by Gasteiger charge is 2.44. The Kier molecular flexibility index (Phi) is 7.51. The number of anilines is 1. The first-order chi connectivity index (χ1) is 16.0. The molecule has 0 radical (unpaired) electrons. The van der Waals surface area contributed by atoms with E-state index in [0.717, 1.165) is 76.0 Å². The molecule has 0 aromatic heterocycles. The van der Waals surface area contributed by atoms with Crippen LogP contribution in [0.2, 0.25) is 0 Å². The van der Waals surface area contributed by atoms with Gasteiger partial charge in [0.1, 0.15) is 6.04 Å². The number of fused-ring (bicyclic) bond motifs is 1. The number of piperazine rings is 2. The number of rotatable bonds is 5. The molecular weight excluding hydrogens is 460 g/mol. The van der Waals surface area contributed by atoms with Crippen LogP contribution in [0.15, 0.2) is 18.2 Å². The van der Waals surface area contributed by atoms with Gasteiger partial charge in [0.2, 0.25) is 11.8 Å². The lowest BCUT2D eigenvalue weighted by Gasteiger charge is -2.37. The Morgan fingerprint density at radius 3 is 2.15 bits per heavy atom. The molecule has 0 saturated carbocycles. The minimum absolute atomic E-state index is 0. The third-order valence-corrected chi connectivity index (χ3v) is 7.10. The molecule has 4 amide bonds. The lowest BCUT2D eigenvalue weighted by molar-refractivity contribution is -0.136. The van der Waals surface area contributed by atoms with Crippen LogP contribution in [0.5, 0.6) is 0 Å². The molecule has 0 bridgehead atoms. The van der Waals surface area contributed by atoms with Crippen LogP contribution >= 0.6 is 12.4 Å². The quantitative estimate of drug-likeness (QED) is 0.534. The maximum Gasteiger partial charge on any atom is 0.262 e. The zero-order chi connectivity index (χ0) is 22.9. The third kappa shape index (κ3) is 4.81. The van der Waals surface area contributed by atoms with Gasteiger partial charge in [0, 0.05) is 77.6 Å². The van der Waals surface area contributed by atoms with Crippen molar-refractivity contribution in [1.29, 1.82) is 0 Å². The Bertz CT molecular complexity index is 974. The summed E-state index contributed by atoms with van der Waals surface area (Å²) in [7, 11) is 0. The van der Waals surface area contributed by atoms with Crippen LogP contribution in [-0.4, -0.2) is 110 Å². The van der Waals surface area contributed by atoms with Crippen LogP contribution in [0.3, 0.4) is 0 Å². The summed E-state index contributed by atoms with van der Waals surface area (Å²) in [5.41, 5.74) is 1.58. The van der Waals surface area contributed by atoms with Gasteiger partial charge in [0.05, 0.1) is 11.1 Å². The molecule has 1 atom stereocenters. The van der Waals surface area contributed by atoms with Crippen molar-refractivity contribution in [3.8, 4) is 0 Å². The second kappa shape index (κ2) is 10.4. The van der Waals surface area contributed by atoms with Crippen LogP contribution in [0, 0.1) is 0 Å². The highest BCUT2D eigenvalue weighted by atomic mass is 35.5. The molecule has 3 saturated heterocycles. The molecule has 5 rings (SSSR count). The maximum absolute atomic E-state index is 13.1. The molecule has 0 spiro atoms. The van der Waals surface area contributed by atoms with E-state index in [2.05, 4.69) is 25.3 Å². The number of hydrogen-bond acceptors (Lipinski definition) is 8. The molecule has 1 aromatic rings. The van der Waals surface area contributed by atoms with Gasteiger partial charge in [0.15, 0.2) is 0 Å². The fourth-order valence-electron chi connectivity index (χ4n) is 5.10. The molecule has 4 aliphatic heterocycles. The standard InChI is InChI=1S/C23H30N6O4.ClH/c30-20-4-3-19(21(31)25-20)29-22(32)17-2-1-16(15-18(17)23(29)33)28-13-11-27(12-14-28)10-9-26-7-5-24-6-8-26;/h1-2,15,19,24H,3-14H2,(H,25,30,31);1H. The second-order valence-corrected chi connectivity index (χ2v) is 9.10. The molecule has 1 aromatic carbocycles. The molecular formula is C23H31ClN6O4. The minimum atomic E-state index is -0.933. The van der Waals surface area contributed by atoms with Crippen LogP contribution in [0.25, 0.3) is 0 Å². The second-order valence-electron chi connectivity index (χ2n) is 9.10. The number of imide groups is 2. The number of halogens is 1. The molecule has 4 aliphatic rings. The van der Waals surface area contributed by atoms with Crippen molar-refractivity contribution in [2.24, 2.45) is 0 Å². The van der Waals surface area contributed by atoms with E-state index in [4.69, 9.17) is 0 Å². The molecule has 2 N–H and O–H groups in total. The van der Waals surface area contributed by atoms with Crippen molar-refractivity contribution in [3.05, 3.63) is 29.3 Å². The summed E-state index contributed by atoms with van der Waals surface area (Å²) >= 11 is 0. The van der Waals surface area contributed by atoms with E-state index in [0.29, 0.717) is 11.1 Å². The predicted molar refractivity (Wildman–Crippen MR) is 128 cm³/mol. The Morgan fingerprint density at radius 1 is 0.824 bits per heavy atom. The predicted octanol–water partition coefficient (Wildman–Crippen LogP) is -0.463. The summed E-state index contributed by atoms with van der Waals surface area (Å²) in [5, 5.41) is 5.61. The summed E-state index contributed by atoms with van der Waals surface area (Å²) in [6.07, 6.45) is 0.285. The van der Waals surface area contributed by atoms with Crippen LogP contribution in [0.4, 0.5) is 5.69 Å². The number of piperidine rings is 1. The SMILES string of the molecule is Cl.O=C1CCC(N2C(=O)c3ccc(N4CCN(CCN5CCNCC5)CC4)cc3C2=O)C(=O)N1. The number of nitrogens with one attached hydrogen (secondary N) is 2. The molecule has 10 nitrogen and oxygen atoms in total. The molecule has 0 aliphatic carbocycles. The van der Waals surface area contributed by atoms with E-state index < -0.39 is 23.8 Å². The van der Waals surface area contributed by atoms with Crippen molar-refractivity contribution < 1.29 is 19.2 Å². The zero-order valence-electron chi connectivity index (χ0n) is 19.1. The zero-order valence-corrected chi connectivity index (χ0v) is 19.9. The minimum Gasteiger partial charge on any atom is -0.369 e. The van der Waals surface area contributed by atoms with Gasteiger partial charge in [-0.3, -0.25) is 39.2 Å². The number of carbonyl (C=O) groups is 4. The number of nitrogens with zero attached hydrogens (tertiary/aromatic N) is 4. The van der Waals surface area contributed by atoms with E-state index in [9.17, 15) is 19.2 Å². The molecule has 34 heavy (non-hydrogen) atoms. The maximum atomic E-state index is 13.1. The largest absolute Gasteiger partial charge is 0.369 e.